The molecule has 0 amide bonds. The van der Waals surface area contributed by atoms with Crippen LogP contribution in [0.25, 0.3) is 5.69 Å². The van der Waals surface area contributed by atoms with E-state index in [0.29, 0.717) is 0 Å². The Bertz CT molecular complexity index is 684. The molecule has 0 bridgehead atoms. The zero-order chi connectivity index (χ0) is 13.9. The van der Waals surface area contributed by atoms with Gasteiger partial charge in [-0.25, -0.2) is 4.68 Å². The van der Waals surface area contributed by atoms with Gasteiger partial charge in [0.05, 0.1) is 17.9 Å². The van der Waals surface area contributed by atoms with Crippen LogP contribution in [0.1, 0.15) is 18.5 Å². The average molecular weight is 267 g/mol. The van der Waals surface area contributed by atoms with Crippen LogP contribution in [0.4, 0.5) is 5.69 Å². The Morgan fingerprint density at radius 3 is 2.80 bits per heavy atom. The van der Waals surface area contributed by atoms with Crippen molar-refractivity contribution in [3.63, 3.8) is 0 Å². The molecule has 0 aliphatic rings. The first kappa shape index (κ1) is 12.5. The summed E-state index contributed by atoms with van der Waals surface area (Å²) in [7, 11) is 1.93. The lowest BCUT2D eigenvalue weighted by atomic mass is 10.1. The van der Waals surface area contributed by atoms with E-state index in [0.717, 1.165) is 16.9 Å². The Labute approximate surface area is 117 Å². The van der Waals surface area contributed by atoms with Gasteiger partial charge in [0.25, 0.3) is 0 Å². The summed E-state index contributed by atoms with van der Waals surface area (Å²) in [6, 6.07) is 10.3. The molecule has 1 unspecified atom stereocenters. The standard InChI is InChI=1S/C15H17N5/c1-12(13-10-17-19(2)11-13)18-14-5-3-6-15(9-14)20-8-4-7-16-20/h3-12,18H,1-2H3. The monoisotopic (exact) mass is 267 g/mol. The van der Waals surface area contributed by atoms with E-state index in [-0.39, 0.29) is 6.04 Å². The molecule has 5 nitrogen and oxygen atoms in total. The number of rotatable bonds is 4. The van der Waals surface area contributed by atoms with E-state index in [4.69, 9.17) is 0 Å². The Balaban J connectivity index is 1.79. The average Bonchev–Trinajstić information content (AvgIpc) is 3.10. The molecular weight excluding hydrogens is 250 g/mol. The van der Waals surface area contributed by atoms with Gasteiger partial charge in [-0.15, -0.1) is 0 Å². The van der Waals surface area contributed by atoms with Gasteiger partial charge in [-0.3, -0.25) is 4.68 Å². The van der Waals surface area contributed by atoms with Crippen LogP contribution in [0.2, 0.25) is 0 Å². The molecular formula is C15H17N5. The first-order chi connectivity index (χ1) is 9.72. The van der Waals surface area contributed by atoms with Crippen molar-refractivity contribution < 1.29 is 0 Å². The molecule has 1 aromatic carbocycles. The van der Waals surface area contributed by atoms with Gasteiger partial charge in [-0.2, -0.15) is 10.2 Å². The molecule has 1 N–H and O–H groups in total. The molecule has 5 heteroatoms. The summed E-state index contributed by atoms with van der Waals surface area (Å²) in [5.74, 6) is 0. The molecule has 0 aliphatic carbocycles. The first-order valence-electron chi connectivity index (χ1n) is 6.57. The molecule has 3 aromatic rings. The van der Waals surface area contributed by atoms with E-state index in [9.17, 15) is 0 Å². The topological polar surface area (TPSA) is 47.7 Å². The molecule has 0 saturated heterocycles. The SMILES string of the molecule is CC(Nc1cccc(-n2cccn2)c1)c1cnn(C)c1. The van der Waals surface area contributed by atoms with Crippen LogP contribution in [-0.2, 0) is 7.05 Å². The molecule has 2 heterocycles. The molecule has 0 spiro atoms. The van der Waals surface area contributed by atoms with Crippen LogP contribution in [-0.4, -0.2) is 19.6 Å². The fourth-order valence-electron chi connectivity index (χ4n) is 2.16. The summed E-state index contributed by atoms with van der Waals surface area (Å²) in [6.45, 7) is 2.12. The van der Waals surface area contributed by atoms with Gasteiger partial charge >= 0.3 is 0 Å². The van der Waals surface area contributed by atoms with Crippen LogP contribution in [0, 0.1) is 0 Å². The van der Waals surface area contributed by atoms with Gasteiger partial charge < -0.3 is 5.32 Å². The lowest BCUT2D eigenvalue weighted by Gasteiger charge is -2.14. The zero-order valence-corrected chi connectivity index (χ0v) is 11.6. The van der Waals surface area contributed by atoms with Crippen LogP contribution in [0.15, 0.2) is 55.1 Å². The summed E-state index contributed by atoms with van der Waals surface area (Å²) < 4.78 is 3.66. The third kappa shape index (κ3) is 2.56. The number of hydrogen-bond acceptors (Lipinski definition) is 3. The first-order valence-corrected chi connectivity index (χ1v) is 6.57. The number of benzene rings is 1. The number of hydrogen-bond donors (Lipinski definition) is 1. The van der Waals surface area contributed by atoms with Crippen LogP contribution < -0.4 is 5.32 Å². The van der Waals surface area contributed by atoms with E-state index in [1.807, 2.05) is 53.2 Å². The van der Waals surface area contributed by atoms with E-state index >= 15 is 0 Å². The van der Waals surface area contributed by atoms with Gasteiger partial charge in [0, 0.05) is 36.9 Å². The quantitative estimate of drug-likeness (QED) is 0.790. The predicted octanol–water partition coefficient (Wildman–Crippen LogP) is 2.78. The summed E-state index contributed by atoms with van der Waals surface area (Å²) in [5.41, 5.74) is 3.27. The molecule has 2 aromatic heterocycles. The number of anilines is 1. The number of nitrogens with zero attached hydrogens (tertiary/aromatic N) is 4. The molecule has 1 atom stereocenters. The normalized spacial score (nSPS) is 12.3. The minimum Gasteiger partial charge on any atom is -0.378 e. The van der Waals surface area contributed by atoms with E-state index < -0.39 is 0 Å². The predicted molar refractivity (Wildman–Crippen MR) is 78.8 cm³/mol. The van der Waals surface area contributed by atoms with Gasteiger partial charge in [0.2, 0.25) is 0 Å². The minimum atomic E-state index is 0.205. The largest absolute Gasteiger partial charge is 0.378 e. The minimum absolute atomic E-state index is 0.205. The number of nitrogens with one attached hydrogen (secondary N) is 1. The second kappa shape index (κ2) is 5.21. The van der Waals surface area contributed by atoms with Gasteiger partial charge in [0.15, 0.2) is 0 Å². The van der Waals surface area contributed by atoms with Crippen molar-refractivity contribution in [2.24, 2.45) is 7.05 Å². The van der Waals surface area contributed by atoms with Gasteiger partial charge in [-0.1, -0.05) is 6.07 Å². The van der Waals surface area contributed by atoms with Crippen molar-refractivity contribution in [3.8, 4) is 5.69 Å². The highest BCUT2D eigenvalue weighted by atomic mass is 15.3. The fraction of sp³-hybridized carbons (Fsp3) is 0.200. The van der Waals surface area contributed by atoms with Crippen molar-refractivity contribution in [1.29, 1.82) is 0 Å². The van der Waals surface area contributed by atoms with Crippen molar-refractivity contribution in [2.75, 3.05) is 5.32 Å². The van der Waals surface area contributed by atoms with E-state index in [1.165, 1.54) is 0 Å². The molecule has 102 valence electrons. The smallest absolute Gasteiger partial charge is 0.0666 e. The molecule has 0 fully saturated rings. The summed E-state index contributed by atoms with van der Waals surface area (Å²) >= 11 is 0. The van der Waals surface area contributed by atoms with Crippen LogP contribution in [0.3, 0.4) is 0 Å². The van der Waals surface area contributed by atoms with Gasteiger partial charge in [-0.05, 0) is 31.2 Å². The summed E-state index contributed by atoms with van der Waals surface area (Å²) in [4.78, 5) is 0. The second-order valence-electron chi connectivity index (χ2n) is 4.81. The second-order valence-corrected chi connectivity index (χ2v) is 4.81. The number of aromatic nitrogens is 4. The Kier molecular flexibility index (Phi) is 3.25. The van der Waals surface area contributed by atoms with Crippen LogP contribution in [0.5, 0.6) is 0 Å². The number of aryl methyl sites for hydroxylation is 1. The summed E-state index contributed by atoms with van der Waals surface area (Å²) in [5, 5.41) is 11.9. The molecule has 0 radical (unpaired) electrons. The highest BCUT2D eigenvalue weighted by molar-refractivity contribution is 5.52. The van der Waals surface area contributed by atoms with Crippen molar-refractivity contribution >= 4 is 5.69 Å². The maximum Gasteiger partial charge on any atom is 0.0666 e. The van der Waals surface area contributed by atoms with Gasteiger partial charge in [0.1, 0.15) is 0 Å². The maximum absolute atomic E-state index is 4.24. The Hall–Kier alpha value is -2.56. The van der Waals surface area contributed by atoms with Crippen LogP contribution >= 0.6 is 0 Å². The summed E-state index contributed by atoms with van der Waals surface area (Å²) in [6.07, 6.45) is 7.62. The Morgan fingerprint density at radius 1 is 1.20 bits per heavy atom. The zero-order valence-electron chi connectivity index (χ0n) is 11.6. The van der Waals surface area contributed by atoms with E-state index in [2.05, 4.69) is 34.6 Å². The Morgan fingerprint density at radius 2 is 2.10 bits per heavy atom. The lowest BCUT2D eigenvalue weighted by Crippen LogP contribution is -2.06. The molecule has 0 aliphatic heterocycles. The van der Waals surface area contributed by atoms with Crippen molar-refractivity contribution in [1.82, 2.24) is 19.6 Å². The highest BCUT2D eigenvalue weighted by Crippen LogP contribution is 2.20. The molecule has 0 saturated carbocycles. The maximum atomic E-state index is 4.24. The highest BCUT2D eigenvalue weighted by Gasteiger charge is 2.07. The lowest BCUT2D eigenvalue weighted by molar-refractivity contribution is 0.765. The third-order valence-electron chi connectivity index (χ3n) is 3.22. The van der Waals surface area contributed by atoms with E-state index in [1.54, 1.807) is 6.20 Å². The van der Waals surface area contributed by atoms with Crippen molar-refractivity contribution in [3.05, 3.63) is 60.7 Å². The fourth-order valence-corrected chi connectivity index (χ4v) is 2.16. The molecule has 20 heavy (non-hydrogen) atoms. The van der Waals surface area contributed by atoms with Crippen molar-refractivity contribution in [2.45, 2.75) is 13.0 Å². The third-order valence-corrected chi connectivity index (χ3v) is 3.22. The molecule has 3 rings (SSSR count).